The molecule has 1 aliphatic carbocycles. The van der Waals surface area contributed by atoms with Crippen molar-refractivity contribution >= 4 is 27.7 Å². The zero-order valence-electron chi connectivity index (χ0n) is 11.4. The Kier molecular flexibility index (Phi) is 6.54. The number of halogens is 1. The molecule has 2 unspecified atom stereocenters. The molecule has 19 heavy (non-hydrogen) atoms. The minimum Gasteiger partial charge on any atom is -0.492 e. The van der Waals surface area contributed by atoms with Gasteiger partial charge >= 0.3 is 0 Å². The zero-order chi connectivity index (χ0) is 13.5. The highest BCUT2D eigenvalue weighted by Crippen LogP contribution is 2.27. The van der Waals surface area contributed by atoms with Crippen LogP contribution < -0.4 is 10.1 Å². The van der Waals surface area contributed by atoms with Gasteiger partial charge in [-0.1, -0.05) is 34.8 Å². The van der Waals surface area contributed by atoms with Crippen molar-refractivity contribution in [2.75, 3.05) is 19.4 Å². The molecule has 1 saturated carbocycles. The van der Waals surface area contributed by atoms with Crippen molar-refractivity contribution in [3.63, 3.8) is 0 Å². The Morgan fingerprint density at radius 2 is 2.21 bits per heavy atom. The summed E-state index contributed by atoms with van der Waals surface area (Å²) >= 11 is 5.45. The number of ether oxygens (including phenoxy) is 1. The van der Waals surface area contributed by atoms with Crippen LogP contribution in [-0.2, 0) is 0 Å². The lowest BCUT2D eigenvalue weighted by Gasteiger charge is -2.31. The standard InChI is InChI=1S/C15H22BrNOS/c1-19-15-8-3-2-7-14(15)17-9-10-18-13-6-4-5-12(16)11-13/h4-6,11,14-15,17H,2-3,7-10H2,1H3. The van der Waals surface area contributed by atoms with Gasteiger partial charge in [0.05, 0.1) is 0 Å². The molecule has 0 amide bonds. The van der Waals surface area contributed by atoms with Crippen molar-refractivity contribution in [1.29, 1.82) is 0 Å². The van der Waals surface area contributed by atoms with Crippen LogP contribution in [0.5, 0.6) is 5.75 Å². The summed E-state index contributed by atoms with van der Waals surface area (Å²) in [6.07, 6.45) is 7.63. The van der Waals surface area contributed by atoms with Crippen LogP contribution in [-0.4, -0.2) is 30.7 Å². The summed E-state index contributed by atoms with van der Waals surface area (Å²) in [5.41, 5.74) is 0. The molecule has 0 aromatic heterocycles. The fraction of sp³-hybridized carbons (Fsp3) is 0.600. The molecule has 0 radical (unpaired) electrons. The molecule has 1 fully saturated rings. The topological polar surface area (TPSA) is 21.3 Å². The molecule has 1 N–H and O–H groups in total. The highest BCUT2D eigenvalue weighted by Gasteiger charge is 2.23. The number of rotatable bonds is 6. The molecule has 4 heteroatoms. The Morgan fingerprint density at radius 1 is 1.37 bits per heavy atom. The average molecular weight is 344 g/mol. The smallest absolute Gasteiger partial charge is 0.120 e. The zero-order valence-corrected chi connectivity index (χ0v) is 13.8. The summed E-state index contributed by atoms with van der Waals surface area (Å²) in [6.45, 7) is 1.66. The van der Waals surface area contributed by atoms with Crippen molar-refractivity contribution in [2.45, 2.75) is 37.0 Å². The third-order valence-corrected chi connectivity index (χ3v) is 5.24. The Labute approximate surface area is 128 Å². The van der Waals surface area contributed by atoms with Gasteiger partial charge < -0.3 is 10.1 Å². The lowest BCUT2D eigenvalue weighted by atomic mass is 9.95. The minimum absolute atomic E-state index is 0.662. The Hall–Kier alpha value is -0.190. The summed E-state index contributed by atoms with van der Waals surface area (Å²) in [4.78, 5) is 0. The van der Waals surface area contributed by atoms with Gasteiger partial charge in [0.2, 0.25) is 0 Å². The lowest BCUT2D eigenvalue weighted by molar-refractivity contribution is 0.292. The van der Waals surface area contributed by atoms with Crippen LogP contribution >= 0.6 is 27.7 Å². The molecule has 0 heterocycles. The highest BCUT2D eigenvalue weighted by molar-refractivity contribution is 9.10. The van der Waals surface area contributed by atoms with Gasteiger partial charge in [-0.15, -0.1) is 0 Å². The molecule has 0 aliphatic heterocycles. The molecule has 2 atom stereocenters. The maximum atomic E-state index is 5.75. The van der Waals surface area contributed by atoms with E-state index in [2.05, 4.69) is 27.5 Å². The molecule has 106 valence electrons. The van der Waals surface area contributed by atoms with E-state index in [0.29, 0.717) is 6.04 Å². The van der Waals surface area contributed by atoms with Crippen LogP contribution in [0.2, 0.25) is 0 Å². The quantitative estimate of drug-likeness (QED) is 0.786. The van der Waals surface area contributed by atoms with E-state index in [-0.39, 0.29) is 0 Å². The predicted molar refractivity (Wildman–Crippen MR) is 87.2 cm³/mol. The van der Waals surface area contributed by atoms with E-state index in [9.17, 15) is 0 Å². The maximum absolute atomic E-state index is 5.75. The third-order valence-electron chi connectivity index (χ3n) is 3.58. The average Bonchev–Trinajstić information content (AvgIpc) is 2.44. The molecular formula is C15H22BrNOS. The second kappa shape index (κ2) is 8.18. The Balaban J connectivity index is 1.68. The second-order valence-electron chi connectivity index (χ2n) is 4.93. The van der Waals surface area contributed by atoms with Crippen LogP contribution in [0, 0.1) is 0 Å². The molecule has 1 aliphatic rings. The van der Waals surface area contributed by atoms with Crippen LogP contribution in [0.3, 0.4) is 0 Å². The maximum Gasteiger partial charge on any atom is 0.120 e. The number of benzene rings is 1. The van der Waals surface area contributed by atoms with Gasteiger partial charge in [-0.2, -0.15) is 11.8 Å². The predicted octanol–water partition coefficient (Wildman–Crippen LogP) is 4.09. The van der Waals surface area contributed by atoms with Crippen molar-refractivity contribution in [1.82, 2.24) is 5.32 Å². The summed E-state index contributed by atoms with van der Waals surface area (Å²) in [7, 11) is 0. The molecule has 0 saturated heterocycles. The van der Waals surface area contributed by atoms with Gasteiger partial charge in [0.1, 0.15) is 12.4 Å². The van der Waals surface area contributed by atoms with Crippen molar-refractivity contribution < 1.29 is 4.74 Å². The number of hydrogen-bond donors (Lipinski definition) is 1. The van der Waals surface area contributed by atoms with Crippen LogP contribution in [0.1, 0.15) is 25.7 Å². The van der Waals surface area contributed by atoms with Gasteiger partial charge in [0.15, 0.2) is 0 Å². The van der Waals surface area contributed by atoms with E-state index in [0.717, 1.165) is 28.6 Å². The van der Waals surface area contributed by atoms with E-state index >= 15 is 0 Å². The van der Waals surface area contributed by atoms with Crippen LogP contribution in [0.25, 0.3) is 0 Å². The molecule has 1 aromatic rings. The number of nitrogens with one attached hydrogen (secondary N) is 1. The highest BCUT2D eigenvalue weighted by atomic mass is 79.9. The van der Waals surface area contributed by atoms with Crippen molar-refractivity contribution in [2.24, 2.45) is 0 Å². The first-order chi connectivity index (χ1) is 9.29. The summed E-state index contributed by atoms with van der Waals surface area (Å²) in [5, 5.41) is 4.43. The van der Waals surface area contributed by atoms with E-state index in [4.69, 9.17) is 4.74 Å². The van der Waals surface area contributed by atoms with E-state index in [1.807, 2.05) is 36.0 Å². The largest absolute Gasteiger partial charge is 0.492 e. The van der Waals surface area contributed by atoms with Gasteiger partial charge in [-0.3, -0.25) is 0 Å². The SMILES string of the molecule is CSC1CCCCC1NCCOc1cccc(Br)c1. The van der Waals surface area contributed by atoms with Gasteiger partial charge in [-0.25, -0.2) is 0 Å². The van der Waals surface area contributed by atoms with E-state index < -0.39 is 0 Å². The Morgan fingerprint density at radius 3 is 3.00 bits per heavy atom. The first kappa shape index (κ1) is 15.2. The van der Waals surface area contributed by atoms with Gasteiger partial charge in [-0.05, 0) is 37.3 Å². The molecule has 2 nitrogen and oxygen atoms in total. The fourth-order valence-corrected chi connectivity index (χ4v) is 3.92. The molecule has 2 rings (SSSR count). The molecular weight excluding hydrogens is 322 g/mol. The number of hydrogen-bond acceptors (Lipinski definition) is 3. The van der Waals surface area contributed by atoms with Crippen molar-refractivity contribution in [3.05, 3.63) is 28.7 Å². The monoisotopic (exact) mass is 343 g/mol. The second-order valence-corrected chi connectivity index (χ2v) is 6.92. The van der Waals surface area contributed by atoms with Gasteiger partial charge in [0.25, 0.3) is 0 Å². The Bertz CT molecular complexity index is 388. The number of thioether (sulfide) groups is 1. The first-order valence-electron chi connectivity index (χ1n) is 6.94. The van der Waals surface area contributed by atoms with Gasteiger partial charge in [0, 0.05) is 22.3 Å². The fourth-order valence-electron chi connectivity index (χ4n) is 2.58. The van der Waals surface area contributed by atoms with E-state index in [1.54, 1.807) is 0 Å². The van der Waals surface area contributed by atoms with Crippen LogP contribution in [0.4, 0.5) is 0 Å². The normalized spacial score (nSPS) is 23.3. The first-order valence-corrected chi connectivity index (χ1v) is 9.02. The van der Waals surface area contributed by atoms with E-state index in [1.165, 1.54) is 25.7 Å². The molecule has 1 aromatic carbocycles. The minimum atomic E-state index is 0.662. The summed E-state index contributed by atoms with van der Waals surface area (Å²) < 4.78 is 6.81. The van der Waals surface area contributed by atoms with Crippen LogP contribution in [0.15, 0.2) is 28.7 Å². The third kappa shape index (κ3) is 5.01. The lowest BCUT2D eigenvalue weighted by Crippen LogP contribution is -2.42. The molecule has 0 spiro atoms. The summed E-state index contributed by atoms with van der Waals surface area (Å²) in [6, 6.07) is 8.67. The molecule has 0 bridgehead atoms. The van der Waals surface area contributed by atoms with Crippen molar-refractivity contribution in [3.8, 4) is 5.75 Å². The summed E-state index contributed by atoms with van der Waals surface area (Å²) in [5.74, 6) is 0.932.